The molecule has 0 N–H and O–H groups in total. The zero-order valence-corrected chi connectivity index (χ0v) is 18.8. The first-order chi connectivity index (χ1) is 14.2. The second kappa shape index (κ2) is 8.03. The van der Waals surface area contributed by atoms with Gasteiger partial charge in [-0.25, -0.2) is 17.9 Å². The predicted molar refractivity (Wildman–Crippen MR) is 118 cm³/mol. The minimum Gasteiger partial charge on any atom is -0.341 e. The van der Waals surface area contributed by atoms with Gasteiger partial charge in [-0.05, 0) is 31.9 Å². The van der Waals surface area contributed by atoms with E-state index >= 15 is 0 Å². The van der Waals surface area contributed by atoms with Crippen LogP contribution in [0.15, 0.2) is 41.6 Å². The lowest BCUT2D eigenvalue weighted by atomic mass is 10.1. The molecule has 2 aromatic heterocycles. The Morgan fingerprint density at radius 1 is 1.27 bits per heavy atom. The molecule has 3 aromatic rings. The molecule has 1 aromatic carbocycles. The highest BCUT2D eigenvalue weighted by atomic mass is 32.2. The lowest BCUT2D eigenvalue weighted by Crippen LogP contribution is -2.38. The Kier molecular flexibility index (Phi) is 5.59. The highest BCUT2D eigenvalue weighted by molar-refractivity contribution is 7.99. The minimum atomic E-state index is -3.03. The fraction of sp³-hybridized carbons (Fsp3) is 0.381. The lowest BCUT2D eigenvalue weighted by molar-refractivity contribution is -0.128. The van der Waals surface area contributed by atoms with Crippen LogP contribution < -0.4 is 0 Å². The molecule has 9 heteroatoms. The standard InChI is InChI=1S/C21H24N4O3S2/c1-14-11-15(2)23-25-20(14)19(16-7-5-4-6-8-16)22-21(25)29-12-18(26)24(3)17-9-10-30(27,28)13-17/h4-8,11,17H,9-10,12-13H2,1-3H3. The van der Waals surface area contributed by atoms with Gasteiger partial charge in [0.2, 0.25) is 5.91 Å². The number of benzene rings is 1. The molecule has 1 amide bonds. The number of fused-ring (bicyclic) bond motifs is 1. The van der Waals surface area contributed by atoms with Crippen LogP contribution in [-0.2, 0) is 14.6 Å². The van der Waals surface area contributed by atoms with E-state index in [1.165, 1.54) is 11.8 Å². The summed E-state index contributed by atoms with van der Waals surface area (Å²) in [6, 6.07) is 11.7. The van der Waals surface area contributed by atoms with Crippen molar-refractivity contribution in [2.45, 2.75) is 31.5 Å². The van der Waals surface area contributed by atoms with E-state index in [2.05, 4.69) is 5.10 Å². The molecule has 0 saturated carbocycles. The van der Waals surface area contributed by atoms with Crippen LogP contribution >= 0.6 is 11.8 Å². The Bertz CT molecular complexity index is 1210. The van der Waals surface area contributed by atoms with E-state index in [4.69, 9.17) is 4.98 Å². The van der Waals surface area contributed by atoms with E-state index in [0.29, 0.717) is 11.6 Å². The van der Waals surface area contributed by atoms with Crippen molar-refractivity contribution in [3.05, 3.63) is 47.7 Å². The summed E-state index contributed by atoms with van der Waals surface area (Å²) >= 11 is 1.33. The van der Waals surface area contributed by atoms with E-state index < -0.39 is 9.84 Å². The number of imidazole rings is 1. The predicted octanol–water partition coefficient (Wildman–Crippen LogP) is 2.75. The third-order valence-electron chi connectivity index (χ3n) is 5.40. The zero-order valence-electron chi connectivity index (χ0n) is 17.2. The van der Waals surface area contributed by atoms with Gasteiger partial charge in [0, 0.05) is 18.7 Å². The molecular formula is C21H24N4O3S2. The van der Waals surface area contributed by atoms with Gasteiger partial charge in [-0.15, -0.1) is 0 Å². The third-order valence-corrected chi connectivity index (χ3v) is 8.07. The van der Waals surface area contributed by atoms with Gasteiger partial charge in [0.1, 0.15) is 0 Å². The highest BCUT2D eigenvalue weighted by Gasteiger charge is 2.32. The maximum absolute atomic E-state index is 12.7. The second-order valence-corrected chi connectivity index (χ2v) is 10.9. The fourth-order valence-corrected chi connectivity index (χ4v) is 6.45. The molecule has 1 aliphatic heterocycles. The number of amides is 1. The minimum absolute atomic E-state index is 0.0459. The topological polar surface area (TPSA) is 84.6 Å². The van der Waals surface area contributed by atoms with E-state index in [1.807, 2.05) is 54.8 Å². The molecule has 1 saturated heterocycles. The number of rotatable bonds is 5. The third kappa shape index (κ3) is 4.09. The Labute approximate surface area is 180 Å². The summed E-state index contributed by atoms with van der Waals surface area (Å²) in [6.07, 6.45) is 0.500. The maximum Gasteiger partial charge on any atom is 0.233 e. The van der Waals surface area contributed by atoms with Crippen LogP contribution in [0.1, 0.15) is 17.7 Å². The maximum atomic E-state index is 12.7. The number of carbonyl (C=O) groups excluding carboxylic acids is 1. The van der Waals surface area contributed by atoms with E-state index in [1.54, 1.807) is 11.9 Å². The van der Waals surface area contributed by atoms with Crippen LogP contribution in [0.2, 0.25) is 0 Å². The first kappa shape index (κ1) is 20.9. The number of aryl methyl sites for hydroxylation is 2. The molecule has 7 nitrogen and oxygen atoms in total. The molecular weight excluding hydrogens is 420 g/mol. The zero-order chi connectivity index (χ0) is 21.5. The summed E-state index contributed by atoms with van der Waals surface area (Å²) in [7, 11) is -1.35. The first-order valence-corrected chi connectivity index (χ1v) is 12.6. The smallest absolute Gasteiger partial charge is 0.233 e. The summed E-state index contributed by atoms with van der Waals surface area (Å²) in [6.45, 7) is 3.97. The van der Waals surface area contributed by atoms with Crippen molar-refractivity contribution in [3.63, 3.8) is 0 Å². The average molecular weight is 445 g/mol. The van der Waals surface area contributed by atoms with Crippen LogP contribution in [0.25, 0.3) is 16.8 Å². The van der Waals surface area contributed by atoms with Gasteiger partial charge in [0.25, 0.3) is 0 Å². The average Bonchev–Trinajstić information content (AvgIpc) is 3.26. The Morgan fingerprint density at radius 3 is 2.67 bits per heavy atom. The first-order valence-electron chi connectivity index (χ1n) is 9.76. The van der Waals surface area contributed by atoms with Crippen LogP contribution in [0.3, 0.4) is 0 Å². The molecule has 3 heterocycles. The molecule has 158 valence electrons. The lowest BCUT2D eigenvalue weighted by Gasteiger charge is -2.23. The largest absolute Gasteiger partial charge is 0.341 e. The van der Waals surface area contributed by atoms with Gasteiger partial charge in [-0.3, -0.25) is 4.79 Å². The molecule has 1 unspecified atom stereocenters. The Hall–Kier alpha value is -2.39. The molecule has 4 rings (SSSR count). The number of hydrogen-bond acceptors (Lipinski definition) is 6. The summed E-state index contributed by atoms with van der Waals surface area (Å²) in [5.74, 6) is 0.264. The van der Waals surface area contributed by atoms with Crippen LogP contribution in [0, 0.1) is 13.8 Å². The number of carbonyl (C=O) groups is 1. The highest BCUT2D eigenvalue weighted by Crippen LogP contribution is 2.31. The summed E-state index contributed by atoms with van der Waals surface area (Å²) in [4.78, 5) is 19.1. The van der Waals surface area contributed by atoms with E-state index in [0.717, 1.165) is 28.0 Å². The van der Waals surface area contributed by atoms with Crippen LogP contribution in [0.5, 0.6) is 0 Å². The molecule has 0 bridgehead atoms. The monoisotopic (exact) mass is 444 g/mol. The number of sulfone groups is 1. The number of nitrogens with zero attached hydrogens (tertiary/aromatic N) is 4. The van der Waals surface area contributed by atoms with Crippen molar-refractivity contribution in [2.24, 2.45) is 0 Å². The molecule has 1 fully saturated rings. The van der Waals surface area contributed by atoms with Crippen molar-refractivity contribution in [1.82, 2.24) is 19.5 Å². The fourth-order valence-electron chi connectivity index (χ4n) is 3.81. The van der Waals surface area contributed by atoms with Gasteiger partial charge < -0.3 is 4.90 Å². The van der Waals surface area contributed by atoms with Crippen LogP contribution in [0.4, 0.5) is 0 Å². The molecule has 0 radical (unpaired) electrons. The normalized spacial score (nSPS) is 18.0. The Morgan fingerprint density at radius 2 is 2.00 bits per heavy atom. The van der Waals surface area contributed by atoms with Crippen molar-refractivity contribution < 1.29 is 13.2 Å². The quantitative estimate of drug-likeness (QED) is 0.563. The SMILES string of the molecule is Cc1cc(C)c2c(-c3ccccc3)nc(SCC(=O)N(C)C3CCS(=O)(=O)C3)n2n1. The summed E-state index contributed by atoms with van der Waals surface area (Å²) in [5.41, 5.74) is 4.71. The number of hydrogen-bond donors (Lipinski definition) is 0. The van der Waals surface area contributed by atoms with Crippen molar-refractivity contribution in [3.8, 4) is 11.3 Å². The molecule has 1 atom stereocenters. The van der Waals surface area contributed by atoms with Gasteiger partial charge in [-0.2, -0.15) is 5.10 Å². The molecule has 0 aliphatic carbocycles. The number of aromatic nitrogens is 3. The Balaban J connectivity index is 1.61. The van der Waals surface area contributed by atoms with Gasteiger partial charge in [0.05, 0.1) is 34.2 Å². The van der Waals surface area contributed by atoms with Gasteiger partial charge in [0.15, 0.2) is 15.0 Å². The number of thioether (sulfide) groups is 1. The van der Waals surface area contributed by atoms with Crippen molar-refractivity contribution >= 4 is 33.0 Å². The van der Waals surface area contributed by atoms with Gasteiger partial charge in [-0.1, -0.05) is 42.1 Å². The van der Waals surface area contributed by atoms with E-state index in [-0.39, 0.29) is 29.2 Å². The molecule has 30 heavy (non-hydrogen) atoms. The summed E-state index contributed by atoms with van der Waals surface area (Å²) in [5, 5.41) is 5.28. The second-order valence-electron chi connectivity index (χ2n) is 7.69. The van der Waals surface area contributed by atoms with Crippen LogP contribution in [-0.4, -0.2) is 64.2 Å². The van der Waals surface area contributed by atoms with Gasteiger partial charge >= 0.3 is 0 Å². The van der Waals surface area contributed by atoms with Crippen molar-refractivity contribution in [1.29, 1.82) is 0 Å². The molecule has 0 spiro atoms. The van der Waals surface area contributed by atoms with Crippen molar-refractivity contribution in [2.75, 3.05) is 24.3 Å². The molecule has 1 aliphatic rings. The van der Waals surface area contributed by atoms with E-state index in [9.17, 15) is 13.2 Å². The summed E-state index contributed by atoms with van der Waals surface area (Å²) < 4.78 is 25.3.